The number of carbonyl (C=O) groups is 1. The number of sulfonamides is 1. The molecule has 2 aliphatic rings. The van der Waals surface area contributed by atoms with Crippen LogP contribution in [0.5, 0.6) is 0 Å². The number of fused-ring (bicyclic) bond motifs is 1. The van der Waals surface area contributed by atoms with E-state index >= 15 is 0 Å². The van der Waals surface area contributed by atoms with Gasteiger partial charge in [0.1, 0.15) is 16.4 Å². The van der Waals surface area contributed by atoms with Crippen LogP contribution in [0.15, 0.2) is 59.9 Å². The lowest BCUT2D eigenvalue weighted by atomic mass is 10.2. The number of amides is 1. The van der Waals surface area contributed by atoms with Crippen LogP contribution < -0.4 is 15.8 Å². The van der Waals surface area contributed by atoms with Crippen LogP contribution in [0.4, 0.5) is 11.4 Å². The molecule has 0 unspecified atom stereocenters. The molecule has 3 aromatic heterocycles. The van der Waals surface area contributed by atoms with Crippen LogP contribution in [-0.4, -0.2) is 33.7 Å². The standard InChI is InChI=1S/C26H27N7O3S/c1-15-8-9-28-25(30-15)20-11-21(20)26(34)32-22-10-18(5-6-23(22)37(27,35)36)29-12-19-14-33-13-17(16-2-3-16)4-7-24(33)31-19/h4-10,13-14,16,20-21,29H,2-3,11-12H2,1H3,(H,32,34)(H2,27,35,36)/t20-,21-/m0/s1. The molecule has 4 aromatic rings. The summed E-state index contributed by atoms with van der Waals surface area (Å²) in [5.74, 6) is 0.581. The minimum Gasteiger partial charge on any atom is -0.379 e. The quantitative estimate of drug-likeness (QED) is 0.325. The Balaban J connectivity index is 1.18. The van der Waals surface area contributed by atoms with E-state index in [0.29, 0.717) is 30.4 Å². The van der Waals surface area contributed by atoms with E-state index in [-0.39, 0.29) is 28.3 Å². The maximum atomic E-state index is 13.0. The van der Waals surface area contributed by atoms with E-state index in [1.807, 2.05) is 23.6 Å². The number of anilines is 2. The maximum absolute atomic E-state index is 13.0. The van der Waals surface area contributed by atoms with E-state index < -0.39 is 10.0 Å². The number of primary sulfonamides is 1. The van der Waals surface area contributed by atoms with Crippen molar-refractivity contribution in [3.63, 3.8) is 0 Å². The number of carbonyl (C=O) groups excluding carboxylic acids is 1. The lowest BCUT2D eigenvalue weighted by molar-refractivity contribution is -0.117. The maximum Gasteiger partial charge on any atom is 0.240 e. The van der Waals surface area contributed by atoms with Crippen molar-refractivity contribution in [1.29, 1.82) is 0 Å². The Morgan fingerprint density at radius 1 is 1.14 bits per heavy atom. The number of nitrogens with one attached hydrogen (secondary N) is 2. The third kappa shape index (κ3) is 5.05. The Hall–Kier alpha value is -3.83. The van der Waals surface area contributed by atoms with Crippen LogP contribution in [0.3, 0.4) is 0 Å². The van der Waals surface area contributed by atoms with Gasteiger partial charge in [-0.1, -0.05) is 6.07 Å². The van der Waals surface area contributed by atoms with Gasteiger partial charge in [0.15, 0.2) is 0 Å². The van der Waals surface area contributed by atoms with Crippen LogP contribution in [0.2, 0.25) is 0 Å². The van der Waals surface area contributed by atoms with Crippen molar-refractivity contribution in [2.45, 2.75) is 49.5 Å². The van der Waals surface area contributed by atoms with Gasteiger partial charge in [-0.2, -0.15) is 0 Å². The number of aryl methyl sites for hydroxylation is 1. The summed E-state index contributed by atoms with van der Waals surface area (Å²) in [5.41, 5.74) is 4.64. The number of imidazole rings is 1. The highest BCUT2D eigenvalue weighted by atomic mass is 32.2. The van der Waals surface area contributed by atoms with Gasteiger partial charge < -0.3 is 15.0 Å². The molecule has 0 radical (unpaired) electrons. The molecule has 2 fully saturated rings. The van der Waals surface area contributed by atoms with Gasteiger partial charge in [0.05, 0.1) is 17.9 Å². The average molecular weight is 518 g/mol. The van der Waals surface area contributed by atoms with Crippen molar-refractivity contribution in [3.05, 3.63) is 77.8 Å². The molecule has 1 amide bonds. The fourth-order valence-corrected chi connectivity index (χ4v) is 5.30. The summed E-state index contributed by atoms with van der Waals surface area (Å²) in [4.78, 5) is 26.1. The zero-order valence-corrected chi connectivity index (χ0v) is 21.1. The van der Waals surface area contributed by atoms with Crippen molar-refractivity contribution in [2.24, 2.45) is 11.1 Å². The molecule has 4 N–H and O–H groups in total. The lowest BCUT2D eigenvalue weighted by Crippen LogP contribution is -2.20. The summed E-state index contributed by atoms with van der Waals surface area (Å²) in [6.07, 6.45) is 8.87. The number of nitrogens with two attached hydrogens (primary N) is 1. The van der Waals surface area contributed by atoms with Crippen molar-refractivity contribution in [1.82, 2.24) is 19.4 Å². The molecule has 37 heavy (non-hydrogen) atoms. The van der Waals surface area contributed by atoms with Crippen LogP contribution in [0.1, 0.15) is 53.9 Å². The Morgan fingerprint density at radius 2 is 1.97 bits per heavy atom. The monoisotopic (exact) mass is 517 g/mol. The van der Waals surface area contributed by atoms with Gasteiger partial charge in [-0.25, -0.2) is 28.5 Å². The molecular weight excluding hydrogens is 490 g/mol. The summed E-state index contributed by atoms with van der Waals surface area (Å²) in [6, 6.07) is 10.6. The second-order valence-electron chi connectivity index (χ2n) is 9.84. The summed E-state index contributed by atoms with van der Waals surface area (Å²) in [6.45, 7) is 2.30. The molecule has 190 valence electrons. The van der Waals surface area contributed by atoms with Crippen LogP contribution in [-0.2, 0) is 21.4 Å². The van der Waals surface area contributed by atoms with Crippen molar-refractivity contribution in [2.75, 3.05) is 10.6 Å². The van der Waals surface area contributed by atoms with Crippen LogP contribution in [0, 0.1) is 12.8 Å². The van der Waals surface area contributed by atoms with Gasteiger partial charge in [-0.3, -0.25) is 4.79 Å². The highest BCUT2D eigenvalue weighted by Gasteiger charge is 2.46. The van der Waals surface area contributed by atoms with Gasteiger partial charge in [0.25, 0.3) is 0 Å². The SMILES string of the molecule is Cc1ccnc([C@H]2C[C@@H]2C(=O)Nc2cc(NCc3cn4cc(C5CC5)ccc4n3)ccc2S(N)(=O)=O)n1. The first-order valence-electron chi connectivity index (χ1n) is 12.2. The summed E-state index contributed by atoms with van der Waals surface area (Å²) < 4.78 is 26.4. The molecule has 2 saturated carbocycles. The molecule has 0 aliphatic heterocycles. The van der Waals surface area contributed by atoms with Crippen LogP contribution in [0.25, 0.3) is 5.65 Å². The normalized spacial score (nSPS) is 19.1. The van der Waals surface area contributed by atoms with Gasteiger partial charge in [-0.15, -0.1) is 0 Å². The summed E-state index contributed by atoms with van der Waals surface area (Å²) >= 11 is 0. The van der Waals surface area contributed by atoms with E-state index in [0.717, 1.165) is 17.0 Å². The Morgan fingerprint density at radius 3 is 2.73 bits per heavy atom. The molecule has 6 rings (SSSR count). The summed E-state index contributed by atoms with van der Waals surface area (Å²) in [5, 5.41) is 11.5. The first-order chi connectivity index (χ1) is 17.7. The van der Waals surface area contributed by atoms with Gasteiger partial charge in [-0.05, 0) is 68.0 Å². The fourth-order valence-electron chi connectivity index (χ4n) is 4.63. The Bertz CT molecular complexity index is 1630. The Kier molecular flexibility index (Phi) is 5.68. The van der Waals surface area contributed by atoms with Crippen molar-refractivity contribution < 1.29 is 13.2 Å². The third-order valence-electron chi connectivity index (χ3n) is 6.86. The van der Waals surface area contributed by atoms with Crippen molar-refractivity contribution >= 4 is 33.0 Å². The van der Waals surface area contributed by atoms with E-state index in [2.05, 4.69) is 37.8 Å². The molecule has 11 heteroatoms. The molecule has 2 atom stereocenters. The molecule has 2 aliphatic carbocycles. The van der Waals surface area contributed by atoms with Crippen LogP contribution >= 0.6 is 0 Å². The smallest absolute Gasteiger partial charge is 0.240 e. The fraction of sp³-hybridized carbons (Fsp3) is 0.308. The van der Waals surface area contributed by atoms with E-state index in [9.17, 15) is 13.2 Å². The molecule has 3 heterocycles. The number of aromatic nitrogens is 4. The highest BCUT2D eigenvalue weighted by Crippen LogP contribution is 2.46. The lowest BCUT2D eigenvalue weighted by Gasteiger charge is -2.13. The van der Waals surface area contributed by atoms with Gasteiger partial charge in [0, 0.05) is 41.8 Å². The molecule has 0 bridgehead atoms. The zero-order chi connectivity index (χ0) is 25.7. The van der Waals surface area contributed by atoms with Gasteiger partial charge >= 0.3 is 0 Å². The van der Waals surface area contributed by atoms with Crippen molar-refractivity contribution in [3.8, 4) is 0 Å². The Labute approximate surface area is 214 Å². The number of nitrogens with zero attached hydrogens (tertiary/aromatic N) is 4. The highest BCUT2D eigenvalue weighted by molar-refractivity contribution is 7.89. The van der Waals surface area contributed by atoms with E-state index in [1.54, 1.807) is 24.4 Å². The minimum absolute atomic E-state index is 0.0883. The third-order valence-corrected chi connectivity index (χ3v) is 7.83. The predicted octanol–water partition coefficient (Wildman–Crippen LogP) is 3.31. The molecule has 1 aromatic carbocycles. The second-order valence-corrected chi connectivity index (χ2v) is 11.4. The largest absolute Gasteiger partial charge is 0.379 e. The number of hydrogen-bond donors (Lipinski definition) is 3. The van der Waals surface area contributed by atoms with Gasteiger partial charge in [0.2, 0.25) is 15.9 Å². The predicted molar refractivity (Wildman–Crippen MR) is 139 cm³/mol. The molecule has 0 spiro atoms. The topological polar surface area (TPSA) is 144 Å². The molecule has 0 saturated heterocycles. The number of rotatable bonds is 8. The zero-order valence-electron chi connectivity index (χ0n) is 20.3. The molecule has 10 nitrogen and oxygen atoms in total. The average Bonchev–Trinajstić information content (AvgIpc) is 3.78. The number of benzene rings is 1. The molecular formula is C26H27N7O3S. The van der Waals surface area contributed by atoms with E-state index in [1.165, 1.54) is 24.5 Å². The second kappa shape index (κ2) is 8.93. The van der Waals surface area contributed by atoms with E-state index in [4.69, 9.17) is 5.14 Å². The summed E-state index contributed by atoms with van der Waals surface area (Å²) in [7, 11) is -4.05. The minimum atomic E-state index is -4.05. The number of pyridine rings is 1. The first kappa shape index (κ1) is 23.6. The first-order valence-corrected chi connectivity index (χ1v) is 13.8. The number of hydrogen-bond acceptors (Lipinski definition) is 7.